The van der Waals surface area contributed by atoms with Crippen LogP contribution >= 0.6 is 12.4 Å². The van der Waals surface area contributed by atoms with Crippen LogP contribution in [0.5, 0.6) is 0 Å². The van der Waals surface area contributed by atoms with Crippen LogP contribution in [0.1, 0.15) is 35.4 Å². The fourth-order valence-corrected chi connectivity index (χ4v) is 2.40. The van der Waals surface area contributed by atoms with Gasteiger partial charge in [0.2, 0.25) is 0 Å². The molecule has 0 bridgehead atoms. The molecule has 0 aromatic heterocycles. The Hall–Kier alpha value is -0.530. The Labute approximate surface area is 98.7 Å². The van der Waals surface area contributed by atoms with Gasteiger partial charge in [-0.15, -0.1) is 12.4 Å². The van der Waals surface area contributed by atoms with E-state index in [1.807, 2.05) is 0 Å². The van der Waals surface area contributed by atoms with E-state index in [1.54, 1.807) is 5.56 Å². The van der Waals surface area contributed by atoms with Crippen molar-refractivity contribution in [2.75, 3.05) is 13.1 Å². The monoisotopic (exact) mass is 225 g/mol. The minimum absolute atomic E-state index is 0. The van der Waals surface area contributed by atoms with Crippen LogP contribution < -0.4 is 5.32 Å². The van der Waals surface area contributed by atoms with Crippen molar-refractivity contribution in [3.05, 3.63) is 34.9 Å². The quantitative estimate of drug-likeness (QED) is 0.774. The number of aryl methyl sites for hydroxylation is 2. The summed E-state index contributed by atoms with van der Waals surface area (Å²) in [5.74, 6) is 0.787. The molecular formula is C13H20ClN. The highest BCUT2D eigenvalue weighted by Crippen LogP contribution is 2.26. The predicted molar refractivity (Wildman–Crippen MR) is 68.0 cm³/mol. The Morgan fingerprint density at radius 3 is 2.07 bits per heavy atom. The number of halogens is 1. The molecule has 1 N–H and O–H groups in total. The molecule has 1 fully saturated rings. The largest absolute Gasteiger partial charge is 0.317 e. The average molecular weight is 226 g/mol. The summed E-state index contributed by atoms with van der Waals surface area (Å²) >= 11 is 0. The van der Waals surface area contributed by atoms with Gasteiger partial charge in [-0.2, -0.15) is 0 Å². The molecule has 1 aromatic carbocycles. The van der Waals surface area contributed by atoms with Gasteiger partial charge in [0.05, 0.1) is 0 Å². The molecule has 0 unspecified atom stereocenters. The third-order valence-electron chi connectivity index (χ3n) is 3.05. The molecule has 0 saturated carbocycles. The number of hydrogen-bond acceptors (Lipinski definition) is 1. The molecule has 2 rings (SSSR count). The normalized spacial score (nSPS) is 17.2. The minimum atomic E-state index is 0. The van der Waals surface area contributed by atoms with Crippen molar-refractivity contribution >= 4 is 12.4 Å². The van der Waals surface area contributed by atoms with Gasteiger partial charge in [0, 0.05) is 0 Å². The molecule has 1 aromatic rings. The third-order valence-corrected chi connectivity index (χ3v) is 3.05. The molecule has 1 nitrogen and oxygen atoms in total. The summed E-state index contributed by atoms with van der Waals surface area (Å²) in [6, 6.07) is 6.95. The maximum Gasteiger partial charge on any atom is -0.00431 e. The van der Waals surface area contributed by atoms with E-state index >= 15 is 0 Å². The Morgan fingerprint density at radius 1 is 1.00 bits per heavy atom. The van der Waals surface area contributed by atoms with Gasteiger partial charge in [0.25, 0.3) is 0 Å². The van der Waals surface area contributed by atoms with Crippen LogP contribution in [0.3, 0.4) is 0 Å². The Bertz CT molecular complexity index is 296. The highest BCUT2D eigenvalue weighted by atomic mass is 35.5. The molecule has 2 heteroatoms. The van der Waals surface area contributed by atoms with E-state index in [9.17, 15) is 0 Å². The number of rotatable bonds is 1. The zero-order valence-corrected chi connectivity index (χ0v) is 10.4. The highest BCUT2D eigenvalue weighted by molar-refractivity contribution is 5.85. The van der Waals surface area contributed by atoms with Crippen LogP contribution in [-0.2, 0) is 0 Å². The molecule has 0 aliphatic carbocycles. The smallest absolute Gasteiger partial charge is 0.00431 e. The highest BCUT2D eigenvalue weighted by Gasteiger charge is 2.15. The van der Waals surface area contributed by atoms with E-state index in [-0.39, 0.29) is 12.4 Å². The summed E-state index contributed by atoms with van der Waals surface area (Å²) in [5, 5.41) is 3.41. The van der Waals surface area contributed by atoms with Crippen molar-refractivity contribution < 1.29 is 0 Å². The van der Waals surface area contributed by atoms with Gasteiger partial charge in [-0.3, -0.25) is 0 Å². The zero-order chi connectivity index (χ0) is 9.97. The van der Waals surface area contributed by atoms with Gasteiger partial charge in [-0.05, 0) is 51.3 Å². The first-order valence-corrected chi connectivity index (χ1v) is 5.54. The fraction of sp³-hybridized carbons (Fsp3) is 0.538. The topological polar surface area (TPSA) is 12.0 Å². The first kappa shape index (κ1) is 12.5. The molecule has 1 saturated heterocycles. The molecule has 1 aliphatic heterocycles. The molecule has 15 heavy (non-hydrogen) atoms. The number of nitrogens with one attached hydrogen (secondary N) is 1. The van der Waals surface area contributed by atoms with E-state index in [2.05, 4.69) is 37.4 Å². The molecule has 1 heterocycles. The number of piperidine rings is 1. The molecule has 0 amide bonds. The van der Waals surface area contributed by atoms with E-state index in [0.29, 0.717) is 0 Å². The summed E-state index contributed by atoms with van der Waals surface area (Å²) in [5.41, 5.74) is 4.35. The van der Waals surface area contributed by atoms with Crippen molar-refractivity contribution in [3.63, 3.8) is 0 Å². The Morgan fingerprint density at radius 2 is 1.53 bits per heavy atom. The van der Waals surface area contributed by atoms with Crippen LogP contribution in [0.2, 0.25) is 0 Å². The second-order valence-electron chi connectivity index (χ2n) is 4.45. The second kappa shape index (κ2) is 5.53. The first-order valence-electron chi connectivity index (χ1n) is 5.54. The maximum atomic E-state index is 3.41. The summed E-state index contributed by atoms with van der Waals surface area (Å²) in [6.07, 6.45) is 2.59. The number of hydrogen-bond donors (Lipinski definition) is 1. The number of benzene rings is 1. The molecule has 84 valence electrons. The molecule has 0 atom stereocenters. The zero-order valence-electron chi connectivity index (χ0n) is 9.55. The van der Waals surface area contributed by atoms with Gasteiger partial charge >= 0.3 is 0 Å². The van der Waals surface area contributed by atoms with Gasteiger partial charge < -0.3 is 5.32 Å². The molecular weight excluding hydrogens is 206 g/mol. The Kier molecular flexibility index (Phi) is 4.62. The van der Waals surface area contributed by atoms with Gasteiger partial charge in [0.15, 0.2) is 0 Å². The van der Waals surface area contributed by atoms with Crippen molar-refractivity contribution in [2.24, 2.45) is 0 Å². The van der Waals surface area contributed by atoms with E-state index in [1.165, 1.54) is 37.1 Å². The third kappa shape index (κ3) is 3.22. The second-order valence-corrected chi connectivity index (χ2v) is 4.45. The first-order chi connectivity index (χ1) is 6.75. The summed E-state index contributed by atoms with van der Waals surface area (Å²) in [4.78, 5) is 0. The maximum absolute atomic E-state index is 3.41. The fourth-order valence-electron chi connectivity index (χ4n) is 2.40. The van der Waals surface area contributed by atoms with Crippen molar-refractivity contribution in [2.45, 2.75) is 32.6 Å². The molecule has 0 spiro atoms. The van der Waals surface area contributed by atoms with Crippen molar-refractivity contribution in [3.8, 4) is 0 Å². The van der Waals surface area contributed by atoms with Crippen LogP contribution in [-0.4, -0.2) is 13.1 Å². The SMILES string of the molecule is Cc1cc(C)cc(C2CCNCC2)c1.Cl. The summed E-state index contributed by atoms with van der Waals surface area (Å²) in [7, 11) is 0. The lowest BCUT2D eigenvalue weighted by molar-refractivity contribution is 0.460. The van der Waals surface area contributed by atoms with Crippen LogP contribution in [0.4, 0.5) is 0 Å². The van der Waals surface area contributed by atoms with Crippen molar-refractivity contribution in [1.82, 2.24) is 5.32 Å². The van der Waals surface area contributed by atoms with Crippen LogP contribution in [0, 0.1) is 13.8 Å². The van der Waals surface area contributed by atoms with Gasteiger partial charge in [0.1, 0.15) is 0 Å². The minimum Gasteiger partial charge on any atom is -0.317 e. The Balaban J connectivity index is 0.00000112. The van der Waals surface area contributed by atoms with Gasteiger partial charge in [-0.1, -0.05) is 29.3 Å². The predicted octanol–water partition coefficient (Wildman–Crippen LogP) is 3.19. The molecule has 0 radical (unpaired) electrons. The lowest BCUT2D eigenvalue weighted by Gasteiger charge is -2.23. The van der Waals surface area contributed by atoms with Gasteiger partial charge in [-0.25, -0.2) is 0 Å². The molecule has 1 aliphatic rings. The van der Waals surface area contributed by atoms with Crippen molar-refractivity contribution in [1.29, 1.82) is 0 Å². The van der Waals surface area contributed by atoms with Crippen LogP contribution in [0.15, 0.2) is 18.2 Å². The van der Waals surface area contributed by atoms with E-state index in [4.69, 9.17) is 0 Å². The standard InChI is InChI=1S/C13H19N.ClH/c1-10-7-11(2)9-13(8-10)12-3-5-14-6-4-12;/h7-9,12,14H,3-6H2,1-2H3;1H. The lowest BCUT2D eigenvalue weighted by Crippen LogP contribution is -2.26. The average Bonchev–Trinajstić information content (AvgIpc) is 2.18. The lowest BCUT2D eigenvalue weighted by atomic mass is 9.88. The van der Waals surface area contributed by atoms with E-state index < -0.39 is 0 Å². The summed E-state index contributed by atoms with van der Waals surface area (Å²) < 4.78 is 0. The summed E-state index contributed by atoms with van der Waals surface area (Å²) in [6.45, 7) is 6.74. The van der Waals surface area contributed by atoms with E-state index in [0.717, 1.165) is 5.92 Å². The van der Waals surface area contributed by atoms with Crippen LogP contribution in [0.25, 0.3) is 0 Å².